The van der Waals surface area contributed by atoms with Gasteiger partial charge in [-0.05, 0) is 18.6 Å². The molecule has 1 atom stereocenters. The maximum Gasteiger partial charge on any atom is 0.0767 e. The van der Waals surface area contributed by atoms with Crippen molar-refractivity contribution in [1.82, 2.24) is 0 Å². The highest BCUT2D eigenvalue weighted by molar-refractivity contribution is 5.47. The van der Waals surface area contributed by atoms with Crippen molar-refractivity contribution in [2.75, 3.05) is 31.2 Å². The average Bonchev–Trinajstić information content (AvgIpc) is 2.76. The van der Waals surface area contributed by atoms with E-state index in [2.05, 4.69) is 29.2 Å². The van der Waals surface area contributed by atoms with Crippen LogP contribution in [0.2, 0.25) is 0 Å². The van der Waals surface area contributed by atoms with Crippen LogP contribution in [0.25, 0.3) is 0 Å². The molecule has 0 saturated carbocycles. The van der Waals surface area contributed by atoms with E-state index in [1.54, 1.807) is 0 Å². The third kappa shape index (κ3) is 2.70. The summed E-state index contributed by atoms with van der Waals surface area (Å²) in [7, 11) is 0. The van der Waals surface area contributed by atoms with Crippen molar-refractivity contribution < 1.29 is 9.84 Å². The van der Waals surface area contributed by atoms with Crippen molar-refractivity contribution >= 4 is 5.69 Å². The number of rotatable bonds is 4. The number of hydrogen-bond donors (Lipinski definition) is 1. The van der Waals surface area contributed by atoms with Gasteiger partial charge in [0.05, 0.1) is 19.3 Å². The van der Waals surface area contributed by atoms with Gasteiger partial charge in [-0.3, -0.25) is 0 Å². The van der Waals surface area contributed by atoms with Crippen LogP contribution in [0.15, 0.2) is 30.3 Å². The fourth-order valence-electron chi connectivity index (χ4n) is 1.96. The van der Waals surface area contributed by atoms with E-state index in [1.165, 1.54) is 5.69 Å². The van der Waals surface area contributed by atoms with E-state index in [0.717, 1.165) is 19.5 Å². The van der Waals surface area contributed by atoms with Gasteiger partial charge in [-0.15, -0.1) is 0 Å². The van der Waals surface area contributed by atoms with Gasteiger partial charge in [0.15, 0.2) is 0 Å². The van der Waals surface area contributed by atoms with Crippen LogP contribution in [0.5, 0.6) is 0 Å². The van der Waals surface area contributed by atoms with Gasteiger partial charge in [-0.2, -0.15) is 0 Å². The Bertz CT molecular complexity index is 289. The maximum atomic E-state index is 8.67. The highest BCUT2D eigenvalue weighted by Crippen LogP contribution is 2.20. The second-order valence-electron chi connectivity index (χ2n) is 3.79. The Kier molecular flexibility index (Phi) is 3.59. The summed E-state index contributed by atoms with van der Waals surface area (Å²) in [6.45, 7) is 2.54. The van der Waals surface area contributed by atoms with Gasteiger partial charge in [0.25, 0.3) is 0 Å². The quantitative estimate of drug-likeness (QED) is 0.807. The Morgan fingerprint density at radius 2 is 2.13 bits per heavy atom. The normalized spacial score (nSPS) is 20.9. The highest BCUT2D eigenvalue weighted by atomic mass is 16.5. The number of ether oxygens (including phenoxy) is 1. The zero-order valence-electron chi connectivity index (χ0n) is 8.80. The molecule has 0 radical (unpaired) electrons. The highest BCUT2D eigenvalue weighted by Gasteiger charge is 2.22. The molecule has 0 amide bonds. The Hall–Kier alpha value is -1.06. The number of hydrogen-bond acceptors (Lipinski definition) is 3. The second kappa shape index (κ2) is 5.14. The predicted molar refractivity (Wildman–Crippen MR) is 60.1 cm³/mol. The van der Waals surface area contributed by atoms with E-state index < -0.39 is 0 Å². The van der Waals surface area contributed by atoms with Crippen LogP contribution in [0.3, 0.4) is 0 Å². The summed E-state index contributed by atoms with van der Waals surface area (Å²) in [4.78, 5) is 2.32. The van der Waals surface area contributed by atoms with Crippen LogP contribution < -0.4 is 4.90 Å². The van der Waals surface area contributed by atoms with E-state index in [9.17, 15) is 0 Å². The molecule has 1 heterocycles. The van der Waals surface area contributed by atoms with Crippen molar-refractivity contribution in [2.45, 2.75) is 12.5 Å². The second-order valence-corrected chi connectivity index (χ2v) is 3.79. The summed E-state index contributed by atoms with van der Waals surface area (Å²) in [6.07, 6.45) is 1.33. The SMILES string of the molecule is OCCO[C@H]1CCN(c2ccccc2)C1. The minimum Gasteiger partial charge on any atom is -0.394 e. The molecule has 2 rings (SSSR count). The lowest BCUT2D eigenvalue weighted by atomic mass is 10.3. The Labute approximate surface area is 90.3 Å². The topological polar surface area (TPSA) is 32.7 Å². The fraction of sp³-hybridized carbons (Fsp3) is 0.500. The molecule has 1 aromatic carbocycles. The molecule has 82 valence electrons. The first-order valence-corrected chi connectivity index (χ1v) is 5.42. The van der Waals surface area contributed by atoms with Gasteiger partial charge in [0.2, 0.25) is 0 Å². The standard InChI is InChI=1S/C12H17NO2/c14-8-9-15-12-6-7-13(10-12)11-4-2-1-3-5-11/h1-5,12,14H,6-10H2/t12-/m0/s1. The lowest BCUT2D eigenvalue weighted by molar-refractivity contribution is 0.0411. The molecule has 1 fully saturated rings. The van der Waals surface area contributed by atoms with Gasteiger partial charge in [0.1, 0.15) is 0 Å². The van der Waals surface area contributed by atoms with Crippen LogP contribution >= 0.6 is 0 Å². The number of anilines is 1. The van der Waals surface area contributed by atoms with Crippen molar-refractivity contribution in [2.24, 2.45) is 0 Å². The Morgan fingerprint density at radius 3 is 2.87 bits per heavy atom. The molecular weight excluding hydrogens is 190 g/mol. The largest absolute Gasteiger partial charge is 0.394 e. The van der Waals surface area contributed by atoms with E-state index in [-0.39, 0.29) is 12.7 Å². The van der Waals surface area contributed by atoms with Crippen LogP contribution in [-0.4, -0.2) is 37.5 Å². The third-order valence-corrected chi connectivity index (χ3v) is 2.71. The first-order chi connectivity index (χ1) is 7.40. The molecule has 0 aromatic heterocycles. The van der Waals surface area contributed by atoms with E-state index >= 15 is 0 Å². The van der Waals surface area contributed by atoms with Crippen molar-refractivity contribution in [3.8, 4) is 0 Å². The molecule has 1 aliphatic heterocycles. The fourth-order valence-corrected chi connectivity index (χ4v) is 1.96. The summed E-state index contributed by atoms with van der Waals surface area (Å²) >= 11 is 0. The summed E-state index contributed by atoms with van der Waals surface area (Å²) in [5, 5.41) is 8.67. The minimum atomic E-state index is 0.113. The first kappa shape index (κ1) is 10.5. The lowest BCUT2D eigenvalue weighted by Crippen LogP contribution is -2.23. The lowest BCUT2D eigenvalue weighted by Gasteiger charge is -2.18. The summed E-state index contributed by atoms with van der Waals surface area (Å²) < 4.78 is 5.51. The van der Waals surface area contributed by atoms with Gasteiger partial charge in [0, 0.05) is 18.8 Å². The van der Waals surface area contributed by atoms with Crippen LogP contribution in [-0.2, 0) is 4.74 Å². The molecule has 0 bridgehead atoms. The molecule has 1 N–H and O–H groups in total. The number of aliphatic hydroxyl groups excluding tert-OH is 1. The molecule has 0 unspecified atom stereocenters. The van der Waals surface area contributed by atoms with E-state index in [4.69, 9.17) is 9.84 Å². The molecule has 0 spiro atoms. The molecule has 3 nitrogen and oxygen atoms in total. The van der Waals surface area contributed by atoms with E-state index in [1.807, 2.05) is 6.07 Å². The molecule has 0 aliphatic carbocycles. The van der Waals surface area contributed by atoms with Crippen LogP contribution in [0, 0.1) is 0 Å². The molecule has 15 heavy (non-hydrogen) atoms. The number of nitrogens with zero attached hydrogens (tertiary/aromatic N) is 1. The van der Waals surface area contributed by atoms with Gasteiger partial charge >= 0.3 is 0 Å². The monoisotopic (exact) mass is 207 g/mol. The summed E-state index contributed by atoms with van der Waals surface area (Å²) in [5.74, 6) is 0. The molecular formula is C12H17NO2. The average molecular weight is 207 g/mol. The van der Waals surface area contributed by atoms with Crippen molar-refractivity contribution in [3.05, 3.63) is 30.3 Å². The molecule has 1 aliphatic rings. The van der Waals surface area contributed by atoms with Crippen molar-refractivity contribution in [1.29, 1.82) is 0 Å². The van der Waals surface area contributed by atoms with Crippen molar-refractivity contribution in [3.63, 3.8) is 0 Å². The number of para-hydroxylation sites is 1. The van der Waals surface area contributed by atoms with Crippen LogP contribution in [0.1, 0.15) is 6.42 Å². The minimum absolute atomic E-state index is 0.113. The number of aliphatic hydroxyl groups is 1. The Morgan fingerprint density at radius 1 is 1.33 bits per heavy atom. The molecule has 3 heteroatoms. The number of benzene rings is 1. The smallest absolute Gasteiger partial charge is 0.0767 e. The zero-order chi connectivity index (χ0) is 10.5. The zero-order valence-corrected chi connectivity index (χ0v) is 8.80. The van der Waals surface area contributed by atoms with Gasteiger partial charge in [-0.1, -0.05) is 18.2 Å². The summed E-state index contributed by atoms with van der Waals surface area (Å²) in [5.41, 5.74) is 1.26. The Balaban J connectivity index is 1.87. The molecule has 1 aromatic rings. The maximum absolute atomic E-state index is 8.67. The van der Waals surface area contributed by atoms with E-state index in [0.29, 0.717) is 6.61 Å². The van der Waals surface area contributed by atoms with Gasteiger partial charge in [-0.25, -0.2) is 0 Å². The third-order valence-electron chi connectivity index (χ3n) is 2.71. The van der Waals surface area contributed by atoms with Crippen LogP contribution in [0.4, 0.5) is 5.69 Å². The van der Waals surface area contributed by atoms with Gasteiger partial charge < -0.3 is 14.7 Å². The first-order valence-electron chi connectivity index (χ1n) is 5.42. The summed E-state index contributed by atoms with van der Waals surface area (Å²) in [6, 6.07) is 10.4. The predicted octanol–water partition coefficient (Wildman–Crippen LogP) is 1.27. The molecule has 1 saturated heterocycles.